The molecule has 2 atom stereocenters. The number of nitrogens with one attached hydrogen (secondary N) is 1. The zero-order chi connectivity index (χ0) is 16.9. The molecule has 1 N–H and O–H groups in total. The summed E-state index contributed by atoms with van der Waals surface area (Å²) in [6.07, 6.45) is 4.18. The molecule has 0 saturated carbocycles. The van der Waals surface area contributed by atoms with E-state index in [1.54, 1.807) is 15.9 Å². The van der Waals surface area contributed by atoms with Crippen LogP contribution in [-0.4, -0.2) is 52.5 Å². The average molecular weight is 329 g/mol. The third-order valence-electron chi connectivity index (χ3n) is 4.53. The molecular formula is C17H23N5O2. The first-order chi connectivity index (χ1) is 11.6. The molecule has 24 heavy (non-hydrogen) atoms. The quantitative estimate of drug-likeness (QED) is 0.911. The molecule has 1 aliphatic heterocycles. The Morgan fingerprint density at radius 3 is 2.88 bits per heavy atom. The van der Waals surface area contributed by atoms with Crippen molar-refractivity contribution < 1.29 is 9.53 Å². The summed E-state index contributed by atoms with van der Waals surface area (Å²) in [4.78, 5) is 18.0. The minimum Gasteiger partial charge on any atom is -0.381 e. The van der Waals surface area contributed by atoms with E-state index in [1.165, 1.54) is 6.33 Å². The molecule has 1 fully saturated rings. The van der Waals surface area contributed by atoms with E-state index < -0.39 is 0 Å². The van der Waals surface area contributed by atoms with E-state index in [-0.39, 0.29) is 12.1 Å². The molecule has 7 heteroatoms. The van der Waals surface area contributed by atoms with Gasteiger partial charge in [-0.1, -0.05) is 12.1 Å². The summed E-state index contributed by atoms with van der Waals surface area (Å²) in [7, 11) is 1.82. The fraction of sp³-hybridized carbons (Fsp3) is 0.471. The van der Waals surface area contributed by atoms with Crippen molar-refractivity contribution in [3.63, 3.8) is 0 Å². The van der Waals surface area contributed by atoms with Gasteiger partial charge in [0.1, 0.15) is 12.7 Å². The molecule has 0 spiro atoms. The van der Waals surface area contributed by atoms with Crippen molar-refractivity contribution in [2.45, 2.75) is 19.4 Å². The molecule has 1 aromatic heterocycles. The second-order valence-corrected chi connectivity index (χ2v) is 6.13. The lowest BCUT2D eigenvalue weighted by Crippen LogP contribution is -2.40. The van der Waals surface area contributed by atoms with Crippen LogP contribution in [0.2, 0.25) is 0 Å². The maximum Gasteiger partial charge on any atom is 0.317 e. The van der Waals surface area contributed by atoms with E-state index in [0.717, 1.165) is 30.9 Å². The molecule has 7 nitrogen and oxygen atoms in total. The Kier molecular flexibility index (Phi) is 5.10. The predicted molar refractivity (Wildman–Crippen MR) is 89.9 cm³/mol. The number of aromatic nitrogens is 3. The van der Waals surface area contributed by atoms with E-state index in [2.05, 4.69) is 15.4 Å². The molecule has 2 unspecified atom stereocenters. The van der Waals surface area contributed by atoms with E-state index in [0.29, 0.717) is 12.5 Å². The van der Waals surface area contributed by atoms with Gasteiger partial charge in [0.05, 0.1) is 18.3 Å². The Morgan fingerprint density at radius 2 is 2.25 bits per heavy atom. The third-order valence-corrected chi connectivity index (χ3v) is 4.53. The Labute approximate surface area is 141 Å². The van der Waals surface area contributed by atoms with Crippen molar-refractivity contribution in [3.8, 4) is 5.69 Å². The molecule has 2 aromatic rings. The summed E-state index contributed by atoms with van der Waals surface area (Å²) in [6, 6.07) is 7.89. The smallest absolute Gasteiger partial charge is 0.317 e. The Morgan fingerprint density at radius 1 is 1.46 bits per heavy atom. The highest BCUT2D eigenvalue weighted by Gasteiger charge is 2.20. The van der Waals surface area contributed by atoms with Gasteiger partial charge in [-0.25, -0.2) is 14.5 Å². The molecule has 128 valence electrons. The summed E-state index contributed by atoms with van der Waals surface area (Å²) in [5, 5.41) is 7.10. The normalized spacial score (nSPS) is 18.3. The summed E-state index contributed by atoms with van der Waals surface area (Å²) in [5.41, 5.74) is 2.01. The van der Waals surface area contributed by atoms with Crippen LogP contribution in [0.15, 0.2) is 36.9 Å². The second-order valence-electron chi connectivity index (χ2n) is 6.13. The van der Waals surface area contributed by atoms with Gasteiger partial charge in [0.2, 0.25) is 0 Å². The SMILES string of the molecule is CC(c1ccc(-n2cncn2)cc1)N(C)C(=O)NCC1CCOC1. The van der Waals surface area contributed by atoms with Crippen molar-refractivity contribution in [2.75, 3.05) is 26.8 Å². The molecule has 3 rings (SSSR count). The Hall–Kier alpha value is -2.41. The van der Waals surface area contributed by atoms with Crippen LogP contribution in [0.5, 0.6) is 0 Å². The summed E-state index contributed by atoms with van der Waals surface area (Å²) >= 11 is 0. The Balaban J connectivity index is 1.57. The maximum absolute atomic E-state index is 12.3. The van der Waals surface area contributed by atoms with E-state index in [1.807, 2.05) is 38.2 Å². The number of hydrogen-bond donors (Lipinski definition) is 1. The van der Waals surface area contributed by atoms with Crippen LogP contribution in [0.25, 0.3) is 5.69 Å². The predicted octanol–water partition coefficient (Wildman–Crippen LogP) is 2.01. The van der Waals surface area contributed by atoms with Crippen LogP contribution < -0.4 is 5.32 Å². The highest BCUT2D eigenvalue weighted by Crippen LogP contribution is 2.20. The van der Waals surface area contributed by atoms with Gasteiger partial charge in [-0.05, 0) is 31.0 Å². The zero-order valence-electron chi connectivity index (χ0n) is 14.1. The van der Waals surface area contributed by atoms with Gasteiger partial charge < -0.3 is 15.0 Å². The monoisotopic (exact) mass is 329 g/mol. The van der Waals surface area contributed by atoms with Crippen LogP contribution >= 0.6 is 0 Å². The van der Waals surface area contributed by atoms with Crippen molar-refractivity contribution in [1.29, 1.82) is 0 Å². The number of nitrogens with zero attached hydrogens (tertiary/aromatic N) is 4. The number of rotatable bonds is 5. The first-order valence-corrected chi connectivity index (χ1v) is 8.18. The number of carbonyl (C=O) groups excluding carboxylic acids is 1. The van der Waals surface area contributed by atoms with Gasteiger partial charge >= 0.3 is 6.03 Å². The molecule has 2 heterocycles. The zero-order valence-corrected chi connectivity index (χ0v) is 14.1. The number of carbonyl (C=O) groups is 1. The summed E-state index contributed by atoms with van der Waals surface area (Å²) in [6.45, 7) is 4.22. The molecule has 1 saturated heterocycles. The molecule has 0 bridgehead atoms. The van der Waals surface area contributed by atoms with Crippen LogP contribution in [0, 0.1) is 5.92 Å². The summed E-state index contributed by atoms with van der Waals surface area (Å²) < 4.78 is 7.03. The maximum atomic E-state index is 12.3. The highest BCUT2D eigenvalue weighted by molar-refractivity contribution is 5.74. The highest BCUT2D eigenvalue weighted by atomic mass is 16.5. The lowest BCUT2D eigenvalue weighted by molar-refractivity contribution is 0.179. The van der Waals surface area contributed by atoms with Crippen LogP contribution in [0.1, 0.15) is 24.9 Å². The van der Waals surface area contributed by atoms with Crippen molar-refractivity contribution >= 4 is 6.03 Å². The summed E-state index contributed by atoms with van der Waals surface area (Å²) in [5.74, 6) is 0.430. The molecule has 0 aliphatic carbocycles. The first-order valence-electron chi connectivity index (χ1n) is 8.18. The number of ether oxygens (including phenoxy) is 1. The van der Waals surface area contributed by atoms with Crippen LogP contribution in [0.3, 0.4) is 0 Å². The van der Waals surface area contributed by atoms with Gasteiger partial charge in [0.25, 0.3) is 0 Å². The molecule has 1 aliphatic rings. The molecule has 0 radical (unpaired) electrons. The molecular weight excluding hydrogens is 306 g/mol. The lowest BCUT2D eigenvalue weighted by atomic mass is 10.1. The van der Waals surface area contributed by atoms with Gasteiger partial charge in [0.15, 0.2) is 0 Å². The number of hydrogen-bond acceptors (Lipinski definition) is 4. The van der Waals surface area contributed by atoms with E-state index >= 15 is 0 Å². The lowest BCUT2D eigenvalue weighted by Gasteiger charge is -2.26. The van der Waals surface area contributed by atoms with Gasteiger partial charge in [-0.15, -0.1) is 0 Å². The molecule has 1 aromatic carbocycles. The fourth-order valence-corrected chi connectivity index (χ4v) is 2.75. The van der Waals surface area contributed by atoms with Crippen LogP contribution in [-0.2, 0) is 4.74 Å². The number of urea groups is 1. The largest absolute Gasteiger partial charge is 0.381 e. The third kappa shape index (κ3) is 3.73. The van der Waals surface area contributed by atoms with Crippen molar-refractivity contribution in [1.82, 2.24) is 25.0 Å². The Bertz CT molecular complexity index is 650. The average Bonchev–Trinajstić information content (AvgIpc) is 3.32. The minimum atomic E-state index is -0.0604. The fourth-order valence-electron chi connectivity index (χ4n) is 2.75. The van der Waals surface area contributed by atoms with Gasteiger partial charge in [-0.3, -0.25) is 0 Å². The van der Waals surface area contributed by atoms with E-state index in [4.69, 9.17) is 4.74 Å². The number of benzene rings is 1. The van der Waals surface area contributed by atoms with Gasteiger partial charge in [0, 0.05) is 26.1 Å². The van der Waals surface area contributed by atoms with E-state index in [9.17, 15) is 4.79 Å². The van der Waals surface area contributed by atoms with Crippen molar-refractivity contribution in [2.24, 2.45) is 5.92 Å². The second kappa shape index (κ2) is 7.44. The first kappa shape index (κ1) is 16.4. The number of amides is 2. The van der Waals surface area contributed by atoms with Crippen LogP contribution in [0.4, 0.5) is 4.79 Å². The topological polar surface area (TPSA) is 72.3 Å². The minimum absolute atomic E-state index is 0.0189. The molecule has 2 amide bonds. The van der Waals surface area contributed by atoms with Gasteiger partial charge in [-0.2, -0.15) is 5.10 Å². The standard InChI is InChI=1S/C17H23N5O2/c1-13(21(2)17(23)19-9-14-7-8-24-10-14)15-3-5-16(6-4-15)22-12-18-11-20-22/h3-6,11-14H,7-10H2,1-2H3,(H,19,23). The van der Waals surface area contributed by atoms with Crippen molar-refractivity contribution in [3.05, 3.63) is 42.5 Å².